The lowest BCUT2D eigenvalue weighted by molar-refractivity contribution is 0.638. The van der Waals surface area contributed by atoms with Gasteiger partial charge < -0.3 is 10.3 Å². The van der Waals surface area contributed by atoms with Gasteiger partial charge in [0.05, 0.1) is 12.0 Å². The van der Waals surface area contributed by atoms with Crippen LogP contribution in [-0.2, 0) is 13.0 Å². The van der Waals surface area contributed by atoms with Gasteiger partial charge in [-0.3, -0.25) is 0 Å². The lowest BCUT2D eigenvalue weighted by atomic mass is 10.1. The van der Waals surface area contributed by atoms with Gasteiger partial charge in [0, 0.05) is 29.7 Å². The minimum Gasteiger partial charge on any atom is -0.333 e. The molecule has 0 aliphatic carbocycles. The summed E-state index contributed by atoms with van der Waals surface area (Å²) in [7, 11) is 0. The van der Waals surface area contributed by atoms with Crippen LogP contribution in [0.3, 0.4) is 0 Å². The minimum absolute atomic E-state index is 0.205. The molecule has 1 aromatic heterocycles. The van der Waals surface area contributed by atoms with E-state index in [1.807, 2.05) is 18.5 Å². The summed E-state index contributed by atoms with van der Waals surface area (Å²) in [6.45, 7) is 2.93. The number of nitrogens with zero attached hydrogens (tertiary/aromatic N) is 2. The molecule has 0 aliphatic heterocycles. The Bertz CT molecular complexity index is 507. The fraction of sp³-hybridized carbons (Fsp3) is 0.357. The number of nitrogens with two attached hydrogens (primary N) is 1. The molecule has 1 atom stereocenters. The van der Waals surface area contributed by atoms with Crippen LogP contribution in [-0.4, -0.2) is 15.6 Å². The van der Waals surface area contributed by atoms with Crippen molar-refractivity contribution in [2.24, 2.45) is 5.73 Å². The number of aromatic nitrogens is 2. The van der Waals surface area contributed by atoms with Crippen molar-refractivity contribution in [2.45, 2.75) is 32.4 Å². The van der Waals surface area contributed by atoms with Crippen LogP contribution in [0, 0.1) is 0 Å². The Labute approximate surface area is 116 Å². The highest BCUT2D eigenvalue weighted by Crippen LogP contribution is 2.17. The van der Waals surface area contributed by atoms with Crippen molar-refractivity contribution >= 4 is 15.9 Å². The molecule has 0 spiro atoms. The summed E-state index contributed by atoms with van der Waals surface area (Å²) < 4.78 is 3.23. The van der Waals surface area contributed by atoms with Crippen LogP contribution in [0.15, 0.2) is 41.3 Å². The molecule has 0 bridgehead atoms. The maximum absolute atomic E-state index is 5.93. The number of hydrogen-bond acceptors (Lipinski definition) is 2. The second-order valence-corrected chi connectivity index (χ2v) is 5.36. The summed E-state index contributed by atoms with van der Waals surface area (Å²) in [5.41, 5.74) is 8.25. The van der Waals surface area contributed by atoms with Crippen molar-refractivity contribution < 1.29 is 0 Å². The largest absolute Gasteiger partial charge is 0.333 e. The molecule has 2 rings (SSSR count). The van der Waals surface area contributed by atoms with E-state index in [9.17, 15) is 0 Å². The van der Waals surface area contributed by atoms with E-state index < -0.39 is 0 Å². The van der Waals surface area contributed by atoms with Gasteiger partial charge >= 0.3 is 0 Å². The molecule has 2 aromatic rings. The predicted molar refractivity (Wildman–Crippen MR) is 77.4 cm³/mol. The minimum atomic E-state index is 0.205. The molecule has 0 saturated carbocycles. The first kappa shape index (κ1) is 13.3. The first-order valence-electron chi connectivity index (χ1n) is 6.18. The molecule has 0 aliphatic rings. The zero-order valence-electron chi connectivity index (χ0n) is 10.5. The van der Waals surface area contributed by atoms with Crippen LogP contribution in [0.2, 0.25) is 0 Å². The van der Waals surface area contributed by atoms with Crippen LogP contribution in [0.25, 0.3) is 0 Å². The summed E-state index contributed by atoms with van der Waals surface area (Å²) in [4.78, 5) is 4.40. The van der Waals surface area contributed by atoms with Gasteiger partial charge in [0.2, 0.25) is 0 Å². The molecule has 1 aromatic carbocycles. The Kier molecular flexibility index (Phi) is 4.55. The van der Waals surface area contributed by atoms with Gasteiger partial charge in [-0.05, 0) is 18.1 Å². The van der Waals surface area contributed by atoms with Crippen molar-refractivity contribution in [1.29, 1.82) is 0 Å². The van der Waals surface area contributed by atoms with E-state index in [1.54, 1.807) is 0 Å². The third-order valence-electron chi connectivity index (χ3n) is 2.99. The monoisotopic (exact) mass is 307 g/mol. The van der Waals surface area contributed by atoms with E-state index >= 15 is 0 Å². The average Bonchev–Trinajstić information content (AvgIpc) is 2.79. The maximum Gasteiger partial charge on any atom is 0.0952 e. The van der Waals surface area contributed by atoms with Gasteiger partial charge in [-0.15, -0.1) is 0 Å². The number of hydrogen-bond donors (Lipinski definition) is 1. The van der Waals surface area contributed by atoms with Gasteiger partial charge in [-0.2, -0.15) is 0 Å². The van der Waals surface area contributed by atoms with E-state index in [2.05, 4.69) is 50.7 Å². The summed E-state index contributed by atoms with van der Waals surface area (Å²) in [5, 5.41) is 0. The Hall–Kier alpha value is -1.13. The van der Waals surface area contributed by atoms with Crippen LogP contribution < -0.4 is 5.73 Å². The Morgan fingerprint density at radius 2 is 2.17 bits per heavy atom. The van der Waals surface area contributed by atoms with E-state index in [4.69, 9.17) is 5.73 Å². The SMILES string of the molecule is CCC(N)Cc1cn(Cc2ccccc2Br)cn1. The molecule has 0 fully saturated rings. The molecule has 0 saturated heterocycles. The quantitative estimate of drug-likeness (QED) is 0.923. The Morgan fingerprint density at radius 3 is 2.89 bits per heavy atom. The molecule has 18 heavy (non-hydrogen) atoms. The normalized spacial score (nSPS) is 12.6. The predicted octanol–water partition coefficient (Wildman–Crippen LogP) is 2.97. The highest BCUT2D eigenvalue weighted by molar-refractivity contribution is 9.10. The average molecular weight is 308 g/mol. The topological polar surface area (TPSA) is 43.8 Å². The van der Waals surface area contributed by atoms with Crippen LogP contribution >= 0.6 is 15.9 Å². The standard InChI is InChI=1S/C14H18BrN3/c1-2-12(16)7-13-9-18(10-17-13)8-11-5-3-4-6-14(11)15/h3-6,9-10,12H,2,7-8,16H2,1H3. The second-order valence-electron chi connectivity index (χ2n) is 4.50. The number of halogens is 1. The van der Waals surface area contributed by atoms with E-state index in [-0.39, 0.29) is 6.04 Å². The van der Waals surface area contributed by atoms with Gasteiger partial charge in [0.25, 0.3) is 0 Å². The van der Waals surface area contributed by atoms with Crippen molar-refractivity contribution in [1.82, 2.24) is 9.55 Å². The Balaban J connectivity index is 2.05. The highest BCUT2D eigenvalue weighted by Gasteiger charge is 2.05. The molecule has 4 heteroatoms. The summed E-state index contributed by atoms with van der Waals surface area (Å²) in [6.07, 6.45) is 5.78. The fourth-order valence-corrected chi connectivity index (χ4v) is 2.24. The summed E-state index contributed by atoms with van der Waals surface area (Å²) in [6, 6.07) is 8.44. The molecule has 1 unspecified atom stereocenters. The molecule has 3 nitrogen and oxygen atoms in total. The maximum atomic E-state index is 5.93. The van der Waals surface area contributed by atoms with Gasteiger partial charge in [0.1, 0.15) is 0 Å². The first-order valence-corrected chi connectivity index (χ1v) is 6.98. The molecular weight excluding hydrogens is 290 g/mol. The van der Waals surface area contributed by atoms with Crippen LogP contribution in [0.1, 0.15) is 24.6 Å². The summed E-state index contributed by atoms with van der Waals surface area (Å²) >= 11 is 3.56. The van der Waals surface area contributed by atoms with Crippen molar-refractivity contribution in [3.8, 4) is 0 Å². The summed E-state index contributed by atoms with van der Waals surface area (Å²) in [5.74, 6) is 0. The zero-order chi connectivity index (χ0) is 13.0. The Morgan fingerprint density at radius 1 is 1.39 bits per heavy atom. The van der Waals surface area contributed by atoms with E-state index in [0.717, 1.165) is 29.6 Å². The molecule has 0 amide bonds. The lowest BCUT2D eigenvalue weighted by Gasteiger charge is -2.06. The number of benzene rings is 1. The van der Waals surface area contributed by atoms with Crippen LogP contribution in [0.5, 0.6) is 0 Å². The zero-order valence-corrected chi connectivity index (χ0v) is 12.1. The molecule has 96 valence electrons. The fourth-order valence-electron chi connectivity index (χ4n) is 1.83. The van der Waals surface area contributed by atoms with Crippen LogP contribution in [0.4, 0.5) is 0 Å². The molecule has 2 N–H and O–H groups in total. The lowest BCUT2D eigenvalue weighted by Crippen LogP contribution is -2.21. The smallest absolute Gasteiger partial charge is 0.0952 e. The third kappa shape index (κ3) is 3.43. The molecular formula is C14H18BrN3. The van der Waals surface area contributed by atoms with Gasteiger partial charge in [0.15, 0.2) is 0 Å². The molecule has 1 heterocycles. The third-order valence-corrected chi connectivity index (χ3v) is 3.77. The highest BCUT2D eigenvalue weighted by atomic mass is 79.9. The number of rotatable bonds is 5. The van der Waals surface area contributed by atoms with E-state index in [0.29, 0.717) is 0 Å². The van der Waals surface area contributed by atoms with Gasteiger partial charge in [-0.1, -0.05) is 41.1 Å². The van der Waals surface area contributed by atoms with Crippen molar-refractivity contribution in [3.63, 3.8) is 0 Å². The van der Waals surface area contributed by atoms with Crippen molar-refractivity contribution in [3.05, 3.63) is 52.5 Å². The second kappa shape index (κ2) is 6.16. The molecule has 0 radical (unpaired) electrons. The first-order chi connectivity index (χ1) is 8.69. The van der Waals surface area contributed by atoms with E-state index in [1.165, 1.54) is 5.56 Å². The number of imidazole rings is 1. The van der Waals surface area contributed by atoms with Crippen molar-refractivity contribution in [2.75, 3.05) is 0 Å². The van der Waals surface area contributed by atoms with Gasteiger partial charge in [-0.25, -0.2) is 4.98 Å².